The van der Waals surface area contributed by atoms with Crippen molar-refractivity contribution in [3.8, 4) is 12.3 Å². The summed E-state index contributed by atoms with van der Waals surface area (Å²) in [6.07, 6.45) is 5.35. The van der Waals surface area contributed by atoms with Crippen LogP contribution < -0.4 is 5.32 Å². The molecule has 31 heavy (non-hydrogen) atoms. The molecule has 1 N–H and O–H groups in total. The molecule has 0 heterocycles. The van der Waals surface area contributed by atoms with E-state index >= 15 is 0 Å². The van der Waals surface area contributed by atoms with Crippen LogP contribution in [-0.4, -0.2) is 56.1 Å². The fourth-order valence-electron chi connectivity index (χ4n) is 2.92. The summed E-state index contributed by atoms with van der Waals surface area (Å²) in [6.45, 7) is 3.79. The van der Waals surface area contributed by atoms with E-state index in [0.717, 1.165) is 4.90 Å². The van der Waals surface area contributed by atoms with Gasteiger partial charge in [-0.2, -0.15) is 4.31 Å². The van der Waals surface area contributed by atoms with E-state index in [2.05, 4.69) is 11.2 Å². The summed E-state index contributed by atoms with van der Waals surface area (Å²) in [6, 6.07) is 10.7. The normalized spacial score (nSPS) is 11.1. The maximum absolute atomic E-state index is 12.9. The summed E-state index contributed by atoms with van der Waals surface area (Å²) in [5.74, 6) is 1.47. The van der Waals surface area contributed by atoms with Gasteiger partial charge < -0.3 is 10.2 Å². The van der Waals surface area contributed by atoms with Gasteiger partial charge in [0.25, 0.3) is 5.91 Å². The number of likely N-dealkylation sites (N-methyl/N-ethyl adjacent to an activating group) is 1. The molecule has 0 unspecified atom stereocenters. The van der Waals surface area contributed by atoms with Crippen LogP contribution in [0.25, 0.3) is 0 Å². The van der Waals surface area contributed by atoms with Crippen molar-refractivity contribution < 1.29 is 18.0 Å². The number of sulfonamides is 1. The highest BCUT2D eigenvalue weighted by Crippen LogP contribution is 2.24. The molecule has 9 heteroatoms. The predicted octanol–water partition coefficient (Wildman–Crippen LogP) is 3.06. The van der Waals surface area contributed by atoms with Gasteiger partial charge in [0.05, 0.1) is 22.0 Å². The maximum atomic E-state index is 12.9. The standard InChI is InChI=1S/C22H24ClN3O4S/c1-5-16-9-8-10-17(13-16)24-21(27)15-25(4)22(28)19-14-18(11-12-20(19)23)31(29,30)26(6-2)7-3/h1,8-14H,6-7,15H2,2-4H3,(H,24,27). The first-order valence-electron chi connectivity index (χ1n) is 9.55. The van der Waals surface area contributed by atoms with E-state index < -0.39 is 21.8 Å². The minimum atomic E-state index is -3.76. The van der Waals surface area contributed by atoms with Crippen molar-refractivity contribution in [2.24, 2.45) is 0 Å². The maximum Gasteiger partial charge on any atom is 0.255 e. The van der Waals surface area contributed by atoms with Crippen molar-refractivity contribution in [3.63, 3.8) is 0 Å². The average molecular weight is 462 g/mol. The Morgan fingerprint density at radius 1 is 1.13 bits per heavy atom. The number of amides is 2. The van der Waals surface area contributed by atoms with E-state index in [9.17, 15) is 18.0 Å². The zero-order valence-corrected chi connectivity index (χ0v) is 19.1. The van der Waals surface area contributed by atoms with Crippen LogP contribution in [-0.2, 0) is 14.8 Å². The lowest BCUT2D eigenvalue weighted by molar-refractivity contribution is -0.116. The van der Waals surface area contributed by atoms with E-state index in [0.29, 0.717) is 24.3 Å². The molecule has 0 atom stereocenters. The van der Waals surface area contributed by atoms with Crippen LogP contribution in [0.5, 0.6) is 0 Å². The lowest BCUT2D eigenvalue weighted by Gasteiger charge is -2.20. The number of nitrogens with one attached hydrogen (secondary N) is 1. The Bertz CT molecular complexity index is 1120. The molecule has 2 amide bonds. The van der Waals surface area contributed by atoms with Crippen molar-refractivity contribution in [3.05, 3.63) is 58.6 Å². The minimum absolute atomic E-state index is 0.000438. The number of hydrogen-bond donors (Lipinski definition) is 1. The number of hydrogen-bond acceptors (Lipinski definition) is 4. The number of carbonyl (C=O) groups excluding carboxylic acids is 2. The van der Waals surface area contributed by atoms with Crippen LogP contribution in [0.15, 0.2) is 47.4 Å². The number of benzene rings is 2. The van der Waals surface area contributed by atoms with Crippen LogP contribution in [0.4, 0.5) is 5.69 Å². The van der Waals surface area contributed by atoms with Crippen LogP contribution >= 0.6 is 11.6 Å². The van der Waals surface area contributed by atoms with Gasteiger partial charge in [-0.15, -0.1) is 6.42 Å². The van der Waals surface area contributed by atoms with Gasteiger partial charge in [0.15, 0.2) is 0 Å². The summed E-state index contributed by atoms with van der Waals surface area (Å²) in [5, 5.41) is 2.77. The molecule has 0 saturated heterocycles. The molecule has 0 saturated carbocycles. The highest BCUT2D eigenvalue weighted by atomic mass is 35.5. The van der Waals surface area contributed by atoms with Gasteiger partial charge in [0, 0.05) is 31.4 Å². The first-order chi connectivity index (χ1) is 14.6. The first-order valence-corrected chi connectivity index (χ1v) is 11.4. The molecule has 2 rings (SSSR count). The van der Waals surface area contributed by atoms with E-state index in [1.165, 1.54) is 29.6 Å². The lowest BCUT2D eigenvalue weighted by atomic mass is 10.2. The van der Waals surface area contributed by atoms with Crippen LogP contribution in [0.2, 0.25) is 5.02 Å². The second-order valence-electron chi connectivity index (χ2n) is 6.67. The van der Waals surface area contributed by atoms with Gasteiger partial charge in [-0.1, -0.05) is 37.4 Å². The summed E-state index contributed by atoms with van der Waals surface area (Å²) < 4.78 is 26.8. The Balaban J connectivity index is 2.20. The topological polar surface area (TPSA) is 86.8 Å². The van der Waals surface area contributed by atoms with E-state index in [1.54, 1.807) is 38.1 Å². The average Bonchev–Trinajstić information content (AvgIpc) is 2.74. The Morgan fingerprint density at radius 3 is 2.42 bits per heavy atom. The molecule has 0 aliphatic heterocycles. The van der Waals surface area contributed by atoms with Gasteiger partial charge in [-0.05, 0) is 36.4 Å². The smallest absolute Gasteiger partial charge is 0.255 e. The van der Waals surface area contributed by atoms with E-state index in [1.807, 2.05) is 0 Å². The quantitative estimate of drug-likeness (QED) is 0.612. The highest BCUT2D eigenvalue weighted by Gasteiger charge is 2.25. The number of rotatable bonds is 8. The number of terminal acetylenes is 1. The van der Waals surface area contributed by atoms with Gasteiger partial charge in [0.1, 0.15) is 0 Å². The molecule has 0 aliphatic carbocycles. The molecule has 0 spiro atoms. The van der Waals surface area contributed by atoms with E-state index in [4.69, 9.17) is 18.0 Å². The van der Waals surface area contributed by atoms with Gasteiger partial charge in [0.2, 0.25) is 15.9 Å². The molecule has 164 valence electrons. The Morgan fingerprint density at radius 2 is 1.81 bits per heavy atom. The van der Waals surface area contributed by atoms with Crippen molar-refractivity contribution in [1.29, 1.82) is 0 Å². The van der Waals surface area contributed by atoms with Crippen molar-refractivity contribution in [2.45, 2.75) is 18.7 Å². The molecule has 0 radical (unpaired) electrons. The molecule has 0 aliphatic rings. The third kappa shape index (κ3) is 5.85. The molecular weight excluding hydrogens is 438 g/mol. The fraction of sp³-hybridized carbons (Fsp3) is 0.273. The van der Waals surface area contributed by atoms with Crippen LogP contribution in [0.1, 0.15) is 29.8 Å². The predicted molar refractivity (Wildman–Crippen MR) is 122 cm³/mol. The van der Waals surface area contributed by atoms with Crippen LogP contribution in [0.3, 0.4) is 0 Å². The SMILES string of the molecule is C#Cc1cccc(NC(=O)CN(C)C(=O)c2cc(S(=O)(=O)N(CC)CC)ccc2Cl)c1. The second-order valence-corrected chi connectivity index (χ2v) is 9.01. The first kappa shape index (κ1) is 24.4. The third-order valence-electron chi connectivity index (χ3n) is 4.55. The Kier molecular flexibility index (Phi) is 8.22. The summed E-state index contributed by atoms with van der Waals surface area (Å²) in [4.78, 5) is 26.3. The molecule has 0 bridgehead atoms. The van der Waals surface area contributed by atoms with E-state index in [-0.39, 0.29) is 22.0 Å². The Labute approximate surface area is 188 Å². The van der Waals surface area contributed by atoms with Gasteiger partial charge >= 0.3 is 0 Å². The van der Waals surface area contributed by atoms with Crippen molar-refractivity contribution in [2.75, 3.05) is 32.0 Å². The molecule has 2 aromatic rings. The monoisotopic (exact) mass is 461 g/mol. The molecule has 0 aromatic heterocycles. The molecule has 0 fully saturated rings. The number of anilines is 1. The van der Waals surface area contributed by atoms with Gasteiger partial charge in [-0.25, -0.2) is 8.42 Å². The Hall–Kier alpha value is -2.86. The molecular formula is C22H24ClN3O4S. The highest BCUT2D eigenvalue weighted by molar-refractivity contribution is 7.89. The largest absolute Gasteiger partial charge is 0.332 e. The fourth-order valence-corrected chi connectivity index (χ4v) is 4.60. The summed E-state index contributed by atoms with van der Waals surface area (Å²) >= 11 is 6.16. The summed E-state index contributed by atoms with van der Waals surface area (Å²) in [5.41, 5.74) is 1.12. The van der Waals surface area contributed by atoms with Gasteiger partial charge in [-0.3, -0.25) is 9.59 Å². The lowest BCUT2D eigenvalue weighted by Crippen LogP contribution is -2.35. The number of nitrogens with zero attached hydrogens (tertiary/aromatic N) is 2. The zero-order valence-electron chi connectivity index (χ0n) is 17.6. The minimum Gasteiger partial charge on any atom is -0.332 e. The number of carbonyl (C=O) groups is 2. The number of halogens is 1. The third-order valence-corrected chi connectivity index (χ3v) is 6.93. The van der Waals surface area contributed by atoms with Crippen molar-refractivity contribution >= 4 is 39.1 Å². The summed E-state index contributed by atoms with van der Waals surface area (Å²) in [7, 11) is -2.33. The molecule has 2 aromatic carbocycles. The van der Waals surface area contributed by atoms with Crippen LogP contribution in [0, 0.1) is 12.3 Å². The second kappa shape index (κ2) is 10.4. The molecule has 7 nitrogen and oxygen atoms in total. The van der Waals surface area contributed by atoms with Crippen molar-refractivity contribution in [1.82, 2.24) is 9.21 Å². The zero-order chi connectivity index (χ0) is 23.2.